The van der Waals surface area contributed by atoms with Gasteiger partial charge in [-0.2, -0.15) is 0 Å². The molecule has 1 saturated carbocycles. The van der Waals surface area contributed by atoms with E-state index in [1.54, 1.807) is 0 Å². The lowest BCUT2D eigenvalue weighted by Crippen LogP contribution is -2.43. The zero-order valence-corrected chi connectivity index (χ0v) is 16.4. The molecule has 1 N–H and O–H groups in total. The van der Waals surface area contributed by atoms with Gasteiger partial charge in [-0.15, -0.1) is 5.10 Å². The molecule has 26 heavy (non-hydrogen) atoms. The normalized spacial score (nSPS) is 17.2. The summed E-state index contributed by atoms with van der Waals surface area (Å²) in [6.45, 7) is 4.98. The van der Waals surface area contributed by atoms with E-state index >= 15 is 0 Å². The molecule has 1 heterocycles. The van der Waals surface area contributed by atoms with Gasteiger partial charge >= 0.3 is 0 Å². The van der Waals surface area contributed by atoms with Crippen LogP contribution < -0.4 is 5.32 Å². The first-order chi connectivity index (χ1) is 12.5. The molecule has 0 saturated heterocycles. The highest BCUT2D eigenvalue weighted by molar-refractivity contribution is 5.97. The van der Waals surface area contributed by atoms with E-state index in [0.717, 1.165) is 11.0 Å². The molecule has 1 unspecified atom stereocenters. The fraction of sp³-hybridized carbons (Fsp3) is 0.650. The minimum atomic E-state index is -0.0494. The third-order valence-electron chi connectivity index (χ3n) is 5.56. The van der Waals surface area contributed by atoms with Crippen molar-refractivity contribution >= 4 is 16.9 Å². The second-order valence-electron chi connectivity index (χ2n) is 8.01. The van der Waals surface area contributed by atoms with Crippen molar-refractivity contribution in [3.05, 3.63) is 23.8 Å². The topological polar surface area (TPSA) is 63.1 Å². The van der Waals surface area contributed by atoms with Crippen LogP contribution in [0.4, 0.5) is 0 Å². The van der Waals surface area contributed by atoms with Crippen LogP contribution in [0.3, 0.4) is 0 Å². The number of fused-ring (bicyclic) bond motifs is 1. The van der Waals surface area contributed by atoms with Crippen LogP contribution in [0.2, 0.25) is 0 Å². The molecule has 2 aromatic rings. The smallest absolute Gasteiger partial charge is 0.251 e. The Balaban J connectivity index is 1.71. The summed E-state index contributed by atoms with van der Waals surface area (Å²) in [6.07, 6.45) is 6.17. The zero-order chi connectivity index (χ0) is 18.7. The number of likely N-dealkylation sites (N-methyl/N-ethyl adjacent to an activating group) is 1. The van der Waals surface area contributed by atoms with Crippen LogP contribution in [-0.4, -0.2) is 52.5 Å². The van der Waals surface area contributed by atoms with Gasteiger partial charge in [0.15, 0.2) is 0 Å². The molecule has 0 radical (unpaired) electrons. The number of nitrogens with zero attached hydrogens (tertiary/aromatic N) is 4. The van der Waals surface area contributed by atoms with Crippen LogP contribution in [0.1, 0.15) is 62.4 Å². The second-order valence-corrected chi connectivity index (χ2v) is 8.01. The molecule has 0 aliphatic heterocycles. The van der Waals surface area contributed by atoms with Crippen LogP contribution >= 0.6 is 0 Å². The lowest BCUT2D eigenvalue weighted by atomic mass is 9.95. The average molecular weight is 358 g/mol. The Labute approximate surface area is 155 Å². The molecule has 0 spiro atoms. The maximum Gasteiger partial charge on any atom is 0.251 e. The molecule has 6 nitrogen and oxygen atoms in total. The number of benzene rings is 1. The Morgan fingerprint density at radius 2 is 2.00 bits per heavy atom. The van der Waals surface area contributed by atoms with Crippen molar-refractivity contribution in [3.8, 4) is 0 Å². The largest absolute Gasteiger partial charge is 0.350 e. The van der Waals surface area contributed by atoms with E-state index in [-0.39, 0.29) is 5.91 Å². The average Bonchev–Trinajstić information content (AvgIpc) is 3.05. The van der Waals surface area contributed by atoms with Crippen molar-refractivity contribution in [2.24, 2.45) is 5.92 Å². The standard InChI is InChI=1S/C20H31N5O/c1-14(2)19(24(3)4)13-21-20(26)15-10-11-18-17(12-15)22-23-25(18)16-8-6-5-7-9-16/h10-12,14,16,19H,5-9,13H2,1-4H3,(H,21,26). The molecule has 6 heteroatoms. The van der Waals surface area contributed by atoms with Gasteiger partial charge in [0.05, 0.1) is 11.6 Å². The van der Waals surface area contributed by atoms with Crippen LogP contribution in [0.5, 0.6) is 0 Å². The Morgan fingerprint density at radius 1 is 1.27 bits per heavy atom. The second kappa shape index (κ2) is 8.16. The van der Waals surface area contributed by atoms with Crippen molar-refractivity contribution in [2.75, 3.05) is 20.6 Å². The van der Waals surface area contributed by atoms with Crippen molar-refractivity contribution < 1.29 is 4.79 Å². The number of amides is 1. The summed E-state index contributed by atoms with van der Waals surface area (Å²) in [7, 11) is 4.10. The predicted octanol–water partition coefficient (Wildman–Crippen LogP) is 3.25. The fourth-order valence-corrected chi connectivity index (χ4v) is 3.99. The van der Waals surface area contributed by atoms with Gasteiger partial charge in [0.1, 0.15) is 5.52 Å². The van der Waals surface area contributed by atoms with Crippen LogP contribution in [0.15, 0.2) is 18.2 Å². The number of hydrogen-bond donors (Lipinski definition) is 1. The number of rotatable bonds is 6. The van der Waals surface area contributed by atoms with Crippen molar-refractivity contribution in [1.82, 2.24) is 25.2 Å². The quantitative estimate of drug-likeness (QED) is 0.862. The lowest BCUT2D eigenvalue weighted by Gasteiger charge is -2.28. The molecule has 1 aromatic carbocycles. The van der Waals surface area contributed by atoms with Gasteiger partial charge in [-0.1, -0.05) is 38.3 Å². The molecule has 1 atom stereocenters. The molecule has 1 aromatic heterocycles. The number of nitrogens with one attached hydrogen (secondary N) is 1. The number of aromatic nitrogens is 3. The highest BCUT2D eigenvalue weighted by atomic mass is 16.1. The van der Waals surface area contributed by atoms with Crippen LogP contribution in [-0.2, 0) is 0 Å². The Hall–Kier alpha value is -1.95. The number of carbonyl (C=O) groups is 1. The Bertz CT molecular complexity index is 738. The minimum Gasteiger partial charge on any atom is -0.350 e. The molecule has 3 rings (SSSR count). The van der Waals surface area contributed by atoms with E-state index in [2.05, 4.69) is 39.1 Å². The van der Waals surface area contributed by atoms with Gasteiger partial charge in [-0.05, 0) is 51.1 Å². The van der Waals surface area contributed by atoms with E-state index in [0.29, 0.717) is 30.1 Å². The Morgan fingerprint density at radius 3 is 2.65 bits per heavy atom. The van der Waals surface area contributed by atoms with E-state index in [1.807, 2.05) is 32.3 Å². The SMILES string of the molecule is CC(C)C(CNC(=O)c1ccc2c(c1)nnn2C1CCCCC1)N(C)C. The molecule has 142 valence electrons. The van der Waals surface area contributed by atoms with Gasteiger partial charge in [0.25, 0.3) is 5.91 Å². The monoisotopic (exact) mass is 357 g/mol. The van der Waals surface area contributed by atoms with Gasteiger partial charge in [-0.25, -0.2) is 4.68 Å². The maximum absolute atomic E-state index is 12.6. The molecule has 1 aliphatic carbocycles. The summed E-state index contributed by atoms with van der Waals surface area (Å²) >= 11 is 0. The van der Waals surface area contributed by atoms with E-state index in [1.165, 1.54) is 32.1 Å². The fourth-order valence-electron chi connectivity index (χ4n) is 3.99. The number of carbonyl (C=O) groups excluding carboxylic acids is 1. The van der Waals surface area contributed by atoms with E-state index in [4.69, 9.17) is 0 Å². The molecular formula is C20H31N5O. The predicted molar refractivity (Wildman–Crippen MR) is 104 cm³/mol. The highest BCUT2D eigenvalue weighted by Crippen LogP contribution is 2.29. The van der Waals surface area contributed by atoms with Crippen molar-refractivity contribution in [1.29, 1.82) is 0 Å². The first-order valence-electron chi connectivity index (χ1n) is 9.77. The first kappa shape index (κ1) is 18.8. The summed E-state index contributed by atoms with van der Waals surface area (Å²) in [5.74, 6) is 0.426. The van der Waals surface area contributed by atoms with Gasteiger partial charge < -0.3 is 10.2 Å². The lowest BCUT2D eigenvalue weighted by molar-refractivity contribution is 0.0935. The zero-order valence-electron chi connectivity index (χ0n) is 16.4. The van der Waals surface area contributed by atoms with Crippen LogP contribution in [0.25, 0.3) is 11.0 Å². The van der Waals surface area contributed by atoms with E-state index < -0.39 is 0 Å². The van der Waals surface area contributed by atoms with Crippen LogP contribution in [0, 0.1) is 5.92 Å². The molecular weight excluding hydrogens is 326 g/mol. The first-order valence-corrected chi connectivity index (χ1v) is 9.77. The summed E-state index contributed by atoms with van der Waals surface area (Å²) in [4.78, 5) is 14.7. The van der Waals surface area contributed by atoms with Crippen molar-refractivity contribution in [3.63, 3.8) is 0 Å². The van der Waals surface area contributed by atoms with Crippen molar-refractivity contribution in [2.45, 2.75) is 58.0 Å². The highest BCUT2D eigenvalue weighted by Gasteiger charge is 2.20. The number of hydrogen-bond acceptors (Lipinski definition) is 4. The summed E-state index contributed by atoms with van der Waals surface area (Å²) in [5, 5.41) is 11.7. The van der Waals surface area contributed by atoms with Gasteiger partial charge in [0.2, 0.25) is 0 Å². The maximum atomic E-state index is 12.6. The molecule has 1 amide bonds. The summed E-state index contributed by atoms with van der Waals surface area (Å²) in [5.41, 5.74) is 2.48. The van der Waals surface area contributed by atoms with Gasteiger partial charge in [-0.3, -0.25) is 4.79 Å². The Kier molecular flexibility index (Phi) is 5.91. The minimum absolute atomic E-state index is 0.0494. The molecule has 0 bridgehead atoms. The summed E-state index contributed by atoms with van der Waals surface area (Å²) in [6, 6.07) is 6.50. The van der Waals surface area contributed by atoms with E-state index in [9.17, 15) is 4.79 Å². The third-order valence-corrected chi connectivity index (χ3v) is 5.56. The molecule has 1 aliphatic rings. The summed E-state index contributed by atoms with van der Waals surface area (Å²) < 4.78 is 2.05. The third kappa shape index (κ3) is 4.06. The molecule has 1 fully saturated rings. The van der Waals surface area contributed by atoms with Gasteiger partial charge in [0, 0.05) is 18.2 Å².